The molecule has 0 aliphatic rings. The van der Waals surface area contributed by atoms with Crippen molar-refractivity contribution in [3.05, 3.63) is 64.7 Å². The quantitative estimate of drug-likeness (QED) is 0.563. The van der Waals surface area contributed by atoms with Crippen LogP contribution in [-0.4, -0.2) is 12.1 Å². The first-order valence-electron chi connectivity index (χ1n) is 7.97. The first kappa shape index (κ1) is 18.0. The first-order valence-corrected chi connectivity index (χ1v) is 8.35. The molecule has 0 unspecified atom stereocenters. The van der Waals surface area contributed by atoms with Gasteiger partial charge in [0.25, 0.3) is 0 Å². The van der Waals surface area contributed by atoms with Crippen LogP contribution in [0.3, 0.4) is 0 Å². The van der Waals surface area contributed by atoms with Crippen molar-refractivity contribution >= 4 is 23.7 Å². The van der Waals surface area contributed by atoms with Crippen LogP contribution in [0.5, 0.6) is 5.75 Å². The molecule has 1 amide bonds. The fraction of sp³-hybridized carbons (Fsp3) is 0.263. The lowest BCUT2D eigenvalue weighted by Crippen LogP contribution is -2.16. The summed E-state index contributed by atoms with van der Waals surface area (Å²) in [5, 5.41) is 4.70. The summed E-state index contributed by atoms with van der Waals surface area (Å²) in [7, 11) is 0. The van der Waals surface area contributed by atoms with Crippen molar-refractivity contribution in [3.8, 4) is 5.75 Å². The number of hydrazone groups is 1. The number of hydrogen-bond donors (Lipinski definition) is 1. The number of rotatable bonds is 8. The van der Waals surface area contributed by atoms with Crippen LogP contribution in [0.1, 0.15) is 37.3 Å². The maximum atomic E-state index is 11.5. The van der Waals surface area contributed by atoms with Crippen LogP contribution in [0.4, 0.5) is 0 Å². The Morgan fingerprint density at radius 3 is 2.71 bits per heavy atom. The van der Waals surface area contributed by atoms with Crippen molar-refractivity contribution in [1.29, 1.82) is 0 Å². The predicted octanol–water partition coefficient (Wildman–Crippen LogP) is 4.56. The van der Waals surface area contributed by atoms with E-state index in [0.717, 1.165) is 24.0 Å². The molecule has 0 aliphatic heterocycles. The summed E-state index contributed by atoms with van der Waals surface area (Å²) >= 11 is 5.88. The largest absolute Gasteiger partial charge is 0.488 e. The van der Waals surface area contributed by atoms with E-state index >= 15 is 0 Å². The maximum Gasteiger partial charge on any atom is 0.240 e. The molecule has 126 valence electrons. The summed E-state index contributed by atoms with van der Waals surface area (Å²) in [6.45, 7) is 2.48. The van der Waals surface area contributed by atoms with Gasteiger partial charge in [-0.15, -0.1) is 0 Å². The Balaban J connectivity index is 1.94. The summed E-state index contributed by atoms with van der Waals surface area (Å²) in [6, 6.07) is 15.1. The summed E-state index contributed by atoms with van der Waals surface area (Å²) in [4.78, 5) is 11.5. The van der Waals surface area contributed by atoms with E-state index in [2.05, 4.69) is 10.5 Å². The van der Waals surface area contributed by atoms with E-state index in [1.807, 2.05) is 55.5 Å². The Bertz CT molecular complexity index is 684. The zero-order valence-corrected chi connectivity index (χ0v) is 14.4. The van der Waals surface area contributed by atoms with Gasteiger partial charge < -0.3 is 4.74 Å². The van der Waals surface area contributed by atoms with Gasteiger partial charge in [0, 0.05) is 17.0 Å². The highest BCUT2D eigenvalue weighted by Gasteiger charge is 2.02. The van der Waals surface area contributed by atoms with Gasteiger partial charge in [0.15, 0.2) is 0 Å². The van der Waals surface area contributed by atoms with Crippen LogP contribution in [0.2, 0.25) is 5.02 Å². The molecule has 2 aromatic carbocycles. The van der Waals surface area contributed by atoms with Crippen molar-refractivity contribution < 1.29 is 9.53 Å². The van der Waals surface area contributed by atoms with E-state index in [9.17, 15) is 4.79 Å². The van der Waals surface area contributed by atoms with Crippen LogP contribution >= 0.6 is 11.6 Å². The molecule has 1 N–H and O–H groups in total. The summed E-state index contributed by atoms with van der Waals surface area (Å²) in [5.41, 5.74) is 4.37. The third-order valence-corrected chi connectivity index (χ3v) is 3.63. The zero-order valence-electron chi connectivity index (χ0n) is 13.7. The number of hydrogen-bond acceptors (Lipinski definition) is 3. The Morgan fingerprint density at radius 1 is 1.21 bits per heavy atom. The van der Waals surface area contributed by atoms with E-state index < -0.39 is 0 Å². The second-order valence-corrected chi connectivity index (χ2v) is 5.79. The molecule has 4 nitrogen and oxygen atoms in total. The summed E-state index contributed by atoms with van der Waals surface area (Å²) in [5.74, 6) is 0.631. The lowest BCUT2D eigenvalue weighted by Gasteiger charge is -2.09. The average Bonchev–Trinajstić information content (AvgIpc) is 2.60. The van der Waals surface area contributed by atoms with Gasteiger partial charge in [0.2, 0.25) is 5.91 Å². The molecule has 0 bridgehead atoms. The van der Waals surface area contributed by atoms with E-state index in [-0.39, 0.29) is 5.91 Å². The number of ether oxygens (including phenoxy) is 1. The number of unbranched alkanes of at least 4 members (excludes halogenated alkanes) is 1. The maximum absolute atomic E-state index is 11.5. The average molecular weight is 345 g/mol. The molecule has 0 saturated carbocycles. The lowest BCUT2D eigenvalue weighted by molar-refractivity contribution is -0.121. The molecule has 0 heterocycles. The van der Waals surface area contributed by atoms with Crippen molar-refractivity contribution in [2.75, 3.05) is 0 Å². The molecule has 0 aromatic heterocycles. The van der Waals surface area contributed by atoms with Gasteiger partial charge in [-0.3, -0.25) is 4.79 Å². The highest BCUT2D eigenvalue weighted by Crippen LogP contribution is 2.18. The molecule has 0 radical (unpaired) electrons. The van der Waals surface area contributed by atoms with Crippen molar-refractivity contribution in [2.24, 2.45) is 5.10 Å². The Morgan fingerprint density at radius 2 is 1.96 bits per heavy atom. The van der Waals surface area contributed by atoms with E-state index in [4.69, 9.17) is 16.3 Å². The minimum atomic E-state index is -0.0762. The smallest absolute Gasteiger partial charge is 0.240 e. The van der Waals surface area contributed by atoms with Gasteiger partial charge in [-0.05, 0) is 36.2 Å². The Labute approximate surface area is 147 Å². The number of amides is 1. The Hall–Kier alpha value is -2.33. The van der Waals surface area contributed by atoms with Gasteiger partial charge in [0.1, 0.15) is 12.4 Å². The molecular formula is C19H21ClN2O2. The molecule has 5 heteroatoms. The van der Waals surface area contributed by atoms with Crippen molar-refractivity contribution in [3.63, 3.8) is 0 Å². The van der Waals surface area contributed by atoms with Gasteiger partial charge in [-0.2, -0.15) is 5.10 Å². The molecule has 0 aliphatic carbocycles. The van der Waals surface area contributed by atoms with Crippen LogP contribution in [-0.2, 0) is 11.4 Å². The monoisotopic (exact) mass is 344 g/mol. The fourth-order valence-corrected chi connectivity index (χ4v) is 2.15. The SMILES string of the molecule is CCCCC(=O)NN=Cc1ccccc1OCc1ccc(Cl)cc1. The van der Waals surface area contributed by atoms with Gasteiger partial charge in [0.05, 0.1) is 6.21 Å². The molecule has 2 aromatic rings. The molecule has 0 atom stereocenters. The molecule has 0 fully saturated rings. The van der Waals surface area contributed by atoms with Crippen LogP contribution in [0, 0.1) is 0 Å². The standard InChI is InChI=1S/C19H21ClN2O2/c1-2-3-8-19(23)22-21-13-16-6-4-5-7-18(16)24-14-15-9-11-17(20)12-10-15/h4-7,9-13H,2-3,8,14H2,1H3,(H,22,23). The Kier molecular flexibility index (Phi) is 7.30. The highest BCUT2D eigenvalue weighted by molar-refractivity contribution is 6.30. The number of para-hydroxylation sites is 1. The van der Waals surface area contributed by atoms with E-state index in [1.165, 1.54) is 0 Å². The fourth-order valence-electron chi connectivity index (χ4n) is 2.03. The normalized spacial score (nSPS) is 10.8. The number of benzene rings is 2. The second-order valence-electron chi connectivity index (χ2n) is 5.35. The molecule has 0 saturated heterocycles. The molecule has 0 spiro atoms. The number of carbonyl (C=O) groups excluding carboxylic acids is 1. The third kappa shape index (κ3) is 6.05. The van der Waals surface area contributed by atoms with Crippen LogP contribution < -0.4 is 10.2 Å². The number of nitrogens with one attached hydrogen (secondary N) is 1. The zero-order chi connectivity index (χ0) is 17.2. The first-order chi connectivity index (χ1) is 11.7. The molecule has 2 rings (SSSR count). The second kappa shape index (κ2) is 9.73. The highest BCUT2D eigenvalue weighted by atomic mass is 35.5. The van der Waals surface area contributed by atoms with E-state index in [0.29, 0.717) is 23.8 Å². The van der Waals surface area contributed by atoms with Crippen molar-refractivity contribution in [2.45, 2.75) is 32.8 Å². The van der Waals surface area contributed by atoms with Crippen LogP contribution in [0.25, 0.3) is 0 Å². The number of halogens is 1. The third-order valence-electron chi connectivity index (χ3n) is 3.38. The minimum absolute atomic E-state index is 0.0762. The molecule has 24 heavy (non-hydrogen) atoms. The van der Waals surface area contributed by atoms with E-state index in [1.54, 1.807) is 6.21 Å². The molecular weight excluding hydrogens is 324 g/mol. The van der Waals surface area contributed by atoms with Gasteiger partial charge in [-0.25, -0.2) is 5.43 Å². The topological polar surface area (TPSA) is 50.7 Å². The number of nitrogens with zero attached hydrogens (tertiary/aromatic N) is 1. The predicted molar refractivity (Wildman–Crippen MR) is 97.5 cm³/mol. The van der Waals surface area contributed by atoms with Crippen LogP contribution in [0.15, 0.2) is 53.6 Å². The summed E-state index contributed by atoms with van der Waals surface area (Å²) < 4.78 is 5.84. The van der Waals surface area contributed by atoms with Gasteiger partial charge >= 0.3 is 0 Å². The van der Waals surface area contributed by atoms with Crippen molar-refractivity contribution in [1.82, 2.24) is 5.43 Å². The lowest BCUT2D eigenvalue weighted by atomic mass is 10.2. The minimum Gasteiger partial charge on any atom is -0.488 e. The summed E-state index contributed by atoms with van der Waals surface area (Å²) in [6.07, 6.45) is 3.93. The van der Waals surface area contributed by atoms with Gasteiger partial charge in [-0.1, -0.05) is 49.2 Å². The number of carbonyl (C=O) groups is 1.